The van der Waals surface area contributed by atoms with Gasteiger partial charge in [-0.05, 0) is 33.8 Å². The Morgan fingerprint density at radius 1 is 1.26 bits per heavy atom. The Hall–Kier alpha value is -2.74. The molecule has 27 heavy (non-hydrogen) atoms. The van der Waals surface area contributed by atoms with E-state index >= 15 is 0 Å². The SMILES string of the molecule is Cc1cc(C(=O)NC(CC(=O)OC(C)C)c2ccccc2[N+](=O)[O-])c(C)s1. The largest absolute Gasteiger partial charge is 0.463 e. The molecule has 1 heterocycles. The van der Waals surface area contributed by atoms with Crippen molar-refractivity contribution in [2.45, 2.75) is 46.3 Å². The minimum absolute atomic E-state index is 0.154. The van der Waals surface area contributed by atoms with Crippen LogP contribution in [0.3, 0.4) is 0 Å². The number of carbonyl (C=O) groups excluding carboxylic acids is 2. The lowest BCUT2D eigenvalue weighted by atomic mass is 10.0. The van der Waals surface area contributed by atoms with Crippen LogP contribution in [0.1, 0.15) is 52.0 Å². The molecule has 7 nitrogen and oxygen atoms in total. The number of benzene rings is 1. The highest BCUT2D eigenvalue weighted by atomic mass is 32.1. The van der Waals surface area contributed by atoms with Gasteiger partial charge in [0.15, 0.2) is 0 Å². The van der Waals surface area contributed by atoms with E-state index in [9.17, 15) is 19.7 Å². The molecule has 1 atom stereocenters. The molecule has 0 saturated heterocycles. The van der Waals surface area contributed by atoms with Gasteiger partial charge in [-0.25, -0.2) is 0 Å². The third-order valence-corrected chi connectivity index (χ3v) is 4.80. The van der Waals surface area contributed by atoms with Gasteiger partial charge in [0, 0.05) is 15.8 Å². The van der Waals surface area contributed by atoms with E-state index in [0.29, 0.717) is 5.56 Å². The van der Waals surface area contributed by atoms with Crippen molar-refractivity contribution in [3.63, 3.8) is 0 Å². The van der Waals surface area contributed by atoms with Crippen molar-refractivity contribution in [3.05, 3.63) is 61.3 Å². The molecule has 0 bridgehead atoms. The molecule has 2 aromatic rings. The van der Waals surface area contributed by atoms with Crippen molar-refractivity contribution < 1.29 is 19.2 Å². The number of hydrogen-bond donors (Lipinski definition) is 1. The van der Waals surface area contributed by atoms with Crippen molar-refractivity contribution in [1.29, 1.82) is 0 Å². The van der Waals surface area contributed by atoms with Crippen LogP contribution in [0.2, 0.25) is 0 Å². The quantitative estimate of drug-likeness (QED) is 0.436. The molecule has 1 aromatic carbocycles. The molecule has 0 aliphatic carbocycles. The lowest BCUT2D eigenvalue weighted by molar-refractivity contribution is -0.385. The average molecular weight is 390 g/mol. The summed E-state index contributed by atoms with van der Waals surface area (Å²) < 4.78 is 5.16. The van der Waals surface area contributed by atoms with Gasteiger partial charge in [-0.15, -0.1) is 11.3 Å². The highest BCUT2D eigenvalue weighted by Gasteiger charge is 2.27. The first-order valence-corrected chi connectivity index (χ1v) is 9.31. The molecule has 0 saturated carbocycles. The number of thiophene rings is 1. The van der Waals surface area contributed by atoms with Gasteiger partial charge in [-0.2, -0.15) is 0 Å². The molecule has 2 rings (SSSR count). The highest BCUT2D eigenvalue weighted by Crippen LogP contribution is 2.29. The van der Waals surface area contributed by atoms with E-state index in [-0.39, 0.29) is 29.7 Å². The molecule has 8 heteroatoms. The zero-order valence-corrected chi connectivity index (χ0v) is 16.5. The summed E-state index contributed by atoms with van der Waals surface area (Å²) in [5.41, 5.74) is 0.609. The highest BCUT2D eigenvalue weighted by molar-refractivity contribution is 7.12. The first-order chi connectivity index (χ1) is 12.7. The topological polar surface area (TPSA) is 98.5 Å². The van der Waals surface area contributed by atoms with Gasteiger partial charge in [-0.1, -0.05) is 18.2 Å². The number of rotatable bonds is 7. The van der Waals surface area contributed by atoms with Gasteiger partial charge >= 0.3 is 5.97 Å². The molecule has 0 radical (unpaired) electrons. The van der Waals surface area contributed by atoms with Gasteiger partial charge in [-0.3, -0.25) is 19.7 Å². The number of nitro benzene ring substituents is 1. The van der Waals surface area contributed by atoms with Crippen LogP contribution in [0.4, 0.5) is 5.69 Å². The maximum atomic E-state index is 12.7. The third kappa shape index (κ3) is 5.37. The van der Waals surface area contributed by atoms with Gasteiger partial charge < -0.3 is 10.1 Å². The first kappa shape index (κ1) is 20.6. The number of nitrogens with one attached hydrogen (secondary N) is 1. The summed E-state index contributed by atoms with van der Waals surface area (Å²) in [7, 11) is 0. The van der Waals surface area contributed by atoms with Crippen LogP contribution in [0, 0.1) is 24.0 Å². The smallest absolute Gasteiger partial charge is 0.308 e. The number of para-hydroxylation sites is 1. The van der Waals surface area contributed by atoms with Gasteiger partial charge in [0.2, 0.25) is 0 Å². The van der Waals surface area contributed by atoms with Gasteiger partial charge in [0.05, 0.1) is 34.6 Å². The predicted octanol–water partition coefficient (Wildman–Crippen LogP) is 4.09. The summed E-state index contributed by atoms with van der Waals surface area (Å²) in [6.07, 6.45) is -0.516. The number of hydrogen-bond acceptors (Lipinski definition) is 6. The minimum atomic E-state index is -0.870. The lowest BCUT2D eigenvalue weighted by Crippen LogP contribution is -2.31. The summed E-state index contributed by atoms with van der Waals surface area (Å²) in [4.78, 5) is 37.6. The number of ether oxygens (including phenoxy) is 1. The summed E-state index contributed by atoms with van der Waals surface area (Å²) in [5.74, 6) is -0.913. The van der Waals surface area contributed by atoms with Gasteiger partial charge in [0.25, 0.3) is 11.6 Å². The van der Waals surface area contributed by atoms with Crippen LogP contribution in [0.15, 0.2) is 30.3 Å². The Labute approximate surface area is 161 Å². The summed E-state index contributed by atoms with van der Waals surface area (Å²) in [6.45, 7) is 7.16. The van der Waals surface area contributed by atoms with Crippen LogP contribution in [0.25, 0.3) is 0 Å². The van der Waals surface area contributed by atoms with Crippen LogP contribution >= 0.6 is 11.3 Å². The minimum Gasteiger partial charge on any atom is -0.463 e. The Balaban J connectivity index is 2.35. The normalized spacial score (nSPS) is 11.9. The number of nitro groups is 1. The second-order valence-electron chi connectivity index (χ2n) is 6.41. The molecular weight excluding hydrogens is 368 g/mol. The number of amides is 1. The first-order valence-electron chi connectivity index (χ1n) is 8.49. The lowest BCUT2D eigenvalue weighted by Gasteiger charge is -2.19. The fourth-order valence-electron chi connectivity index (χ4n) is 2.76. The van der Waals surface area contributed by atoms with Crippen molar-refractivity contribution >= 4 is 28.9 Å². The average Bonchev–Trinajstić information content (AvgIpc) is 2.92. The molecular formula is C19H22N2O5S. The second-order valence-corrected chi connectivity index (χ2v) is 7.87. The van der Waals surface area contributed by atoms with E-state index in [1.54, 1.807) is 32.0 Å². The monoisotopic (exact) mass is 390 g/mol. The van der Waals surface area contributed by atoms with Crippen LogP contribution in [0.5, 0.6) is 0 Å². The summed E-state index contributed by atoms with van der Waals surface area (Å²) in [6, 6.07) is 6.96. The molecule has 0 spiro atoms. The Bertz CT molecular complexity index is 860. The molecule has 1 amide bonds. The van der Waals surface area contributed by atoms with E-state index in [4.69, 9.17) is 4.74 Å². The van der Waals surface area contributed by atoms with Crippen molar-refractivity contribution in [3.8, 4) is 0 Å². The second kappa shape index (κ2) is 8.77. The van der Waals surface area contributed by atoms with Crippen LogP contribution in [-0.2, 0) is 9.53 Å². The molecule has 1 N–H and O–H groups in total. The zero-order chi connectivity index (χ0) is 20.1. The molecule has 0 fully saturated rings. The van der Waals surface area contributed by atoms with E-state index in [2.05, 4.69) is 5.32 Å². The number of esters is 1. The Morgan fingerprint density at radius 3 is 2.48 bits per heavy atom. The fraction of sp³-hybridized carbons (Fsp3) is 0.368. The molecule has 1 aromatic heterocycles. The summed E-state index contributed by atoms with van der Waals surface area (Å²) in [5, 5.41) is 14.1. The Morgan fingerprint density at radius 2 is 1.93 bits per heavy atom. The van der Waals surface area contributed by atoms with E-state index < -0.39 is 16.9 Å². The Kier molecular flexibility index (Phi) is 6.68. The zero-order valence-electron chi connectivity index (χ0n) is 15.6. The van der Waals surface area contributed by atoms with Crippen LogP contribution in [-0.4, -0.2) is 22.9 Å². The third-order valence-electron chi connectivity index (χ3n) is 3.84. The molecule has 0 aliphatic heterocycles. The van der Waals surface area contributed by atoms with E-state index in [1.807, 2.05) is 13.8 Å². The number of carbonyl (C=O) groups is 2. The molecule has 1 unspecified atom stereocenters. The number of nitrogens with zero attached hydrogens (tertiary/aromatic N) is 1. The maximum absolute atomic E-state index is 12.7. The van der Waals surface area contributed by atoms with Crippen LogP contribution < -0.4 is 5.32 Å². The van der Waals surface area contributed by atoms with Gasteiger partial charge in [0.1, 0.15) is 0 Å². The molecule has 0 aliphatic rings. The molecule has 144 valence electrons. The van der Waals surface area contributed by atoms with Crippen molar-refractivity contribution in [1.82, 2.24) is 5.32 Å². The standard InChI is InChI=1S/C19H22N2O5S/c1-11(2)26-18(22)10-16(14-7-5-6-8-17(14)21(24)25)20-19(23)15-9-12(3)27-13(15)4/h5-9,11,16H,10H2,1-4H3,(H,20,23). The van der Waals surface area contributed by atoms with Crippen molar-refractivity contribution in [2.75, 3.05) is 0 Å². The van der Waals surface area contributed by atoms with E-state index in [0.717, 1.165) is 9.75 Å². The van der Waals surface area contributed by atoms with Crippen molar-refractivity contribution in [2.24, 2.45) is 0 Å². The fourth-order valence-corrected chi connectivity index (χ4v) is 3.68. The van der Waals surface area contributed by atoms with E-state index in [1.165, 1.54) is 23.5 Å². The number of aryl methyl sites for hydroxylation is 2. The predicted molar refractivity (Wildman–Crippen MR) is 103 cm³/mol. The summed E-state index contributed by atoms with van der Waals surface area (Å²) >= 11 is 1.49. The maximum Gasteiger partial charge on any atom is 0.308 e.